The second-order valence-electron chi connectivity index (χ2n) is 5.54. The average molecular weight is 320 g/mol. The van der Waals surface area contributed by atoms with Gasteiger partial charge in [-0.2, -0.15) is 0 Å². The normalized spacial score (nSPS) is 10.3. The second kappa shape index (κ2) is 11.6. The SMILES string of the molecule is CCCCCCN(CCC(=O)NCCC)C(=O)c1cnccn1. The van der Waals surface area contributed by atoms with Crippen molar-refractivity contribution in [2.45, 2.75) is 52.4 Å². The first-order valence-electron chi connectivity index (χ1n) is 8.51. The zero-order valence-corrected chi connectivity index (χ0v) is 14.3. The van der Waals surface area contributed by atoms with Gasteiger partial charge in [-0.1, -0.05) is 33.1 Å². The maximum absolute atomic E-state index is 12.5. The molecular weight excluding hydrogens is 292 g/mol. The van der Waals surface area contributed by atoms with E-state index in [2.05, 4.69) is 22.2 Å². The molecule has 1 heterocycles. The van der Waals surface area contributed by atoms with Crippen LogP contribution < -0.4 is 5.32 Å². The van der Waals surface area contributed by atoms with E-state index in [0.29, 0.717) is 31.7 Å². The molecule has 6 heteroatoms. The molecule has 0 saturated carbocycles. The standard InChI is InChI=1S/C17H28N4O2/c1-3-5-6-7-12-21(13-8-16(22)20-9-4-2)17(23)15-14-18-10-11-19-15/h10-11,14H,3-9,12-13H2,1-2H3,(H,20,22). The van der Waals surface area contributed by atoms with Gasteiger partial charge in [-0.25, -0.2) is 4.98 Å². The smallest absolute Gasteiger partial charge is 0.274 e. The highest BCUT2D eigenvalue weighted by Crippen LogP contribution is 2.06. The number of nitrogens with zero attached hydrogens (tertiary/aromatic N) is 3. The molecule has 0 aliphatic heterocycles. The van der Waals surface area contributed by atoms with E-state index < -0.39 is 0 Å². The molecule has 0 unspecified atom stereocenters. The number of nitrogens with one attached hydrogen (secondary N) is 1. The van der Waals surface area contributed by atoms with E-state index in [0.717, 1.165) is 32.1 Å². The van der Waals surface area contributed by atoms with E-state index >= 15 is 0 Å². The van der Waals surface area contributed by atoms with Crippen molar-refractivity contribution in [2.75, 3.05) is 19.6 Å². The molecule has 1 aromatic heterocycles. The fourth-order valence-corrected chi connectivity index (χ4v) is 2.21. The predicted molar refractivity (Wildman–Crippen MR) is 90.0 cm³/mol. The van der Waals surface area contributed by atoms with Crippen LogP contribution in [-0.4, -0.2) is 46.3 Å². The summed E-state index contributed by atoms with van der Waals surface area (Å²) >= 11 is 0. The summed E-state index contributed by atoms with van der Waals surface area (Å²) in [5, 5.41) is 2.84. The summed E-state index contributed by atoms with van der Waals surface area (Å²) in [6, 6.07) is 0. The number of hydrogen-bond donors (Lipinski definition) is 1. The zero-order valence-electron chi connectivity index (χ0n) is 14.3. The van der Waals surface area contributed by atoms with Crippen molar-refractivity contribution >= 4 is 11.8 Å². The number of amides is 2. The highest BCUT2D eigenvalue weighted by atomic mass is 16.2. The number of carbonyl (C=O) groups is 2. The molecule has 0 saturated heterocycles. The Morgan fingerprint density at radius 2 is 1.91 bits per heavy atom. The van der Waals surface area contributed by atoms with Gasteiger partial charge in [-0.15, -0.1) is 0 Å². The predicted octanol–water partition coefficient (Wildman–Crippen LogP) is 2.42. The molecule has 0 fully saturated rings. The summed E-state index contributed by atoms with van der Waals surface area (Å²) in [5.41, 5.74) is 0.331. The number of aromatic nitrogens is 2. The Bertz CT molecular complexity index is 465. The van der Waals surface area contributed by atoms with Crippen molar-refractivity contribution < 1.29 is 9.59 Å². The van der Waals surface area contributed by atoms with Gasteiger partial charge >= 0.3 is 0 Å². The third-order valence-electron chi connectivity index (χ3n) is 3.53. The van der Waals surface area contributed by atoms with Crippen LogP contribution in [0.2, 0.25) is 0 Å². The highest BCUT2D eigenvalue weighted by Gasteiger charge is 2.17. The molecule has 0 bridgehead atoms. The molecule has 0 spiro atoms. The lowest BCUT2D eigenvalue weighted by Crippen LogP contribution is -2.36. The maximum atomic E-state index is 12.5. The van der Waals surface area contributed by atoms with E-state index in [1.54, 1.807) is 11.1 Å². The van der Waals surface area contributed by atoms with Gasteiger partial charge in [0, 0.05) is 38.4 Å². The van der Waals surface area contributed by atoms with Crippen LogP contribution in [0.15, 0.2) is 18.6 Å². The minimum absolute atomic E-state index is 0.0163. The first-order valence-corrected chi connectivity index (χ1v) is 8.51. The number of carbonyl (C=O) groups excluding carboxylic acids is 2. The van der Waals surface area contributed by atoms with Crippen molar-refractivity contribution in [3.05, 3.63) is 24.3 Å². The Kier molecular flexibility index (Phi) is 9.59. The monoisotopic (exact) mass is 320 g/mol. The molecule has 0 atom stereocenters. The van der Waals surface area contributed by atoms with Gasteiger partial charge < -0.3 is 10.2 Å². The van der Waals surface area contributed by atoms with Gasteiger partial charge in [0.05, 0.1) is 6.20 Å². The molecule has 23 heavy (non-hydrogen) atoms. The summed E-state index contributed by atoms with van der Waals surface area (Å²) in [5.74, 6) is -0.171. The van der Waals surface area contributed by atoms with Crippen molar-refractivity contribution in [1.82, 2.24) is 20.2 Å². The van der Waals surface area contributed by atoms with Crippen LogP contribution in [0.3, 0.4) is 0 Å². The van der Waals surface area contributed by atoms with Gasteiger partial charge in [0.2, 0.25) is 5.91 Å². The Morgan fingerprint density at radius 3 is 2.57 bits per heavy atom. The van der Waals surface area contributed by atoms with Crippen LogP contribution in [0.1, 0.15) is 62.9 Å². The van der Waals surface area contributed by atoms with Crippen molar-refractivity contribution in [1.29, 1.82) is 0 Å². The molecule has 1 N–H and O–H groups in total. The molecule has 1 rings (SSSR count). The Morgan fingerprint density at radius 1 is 1.09 bits per heavy atom. The first-order chi connectivity index (χ1) is 11.2. The van der Waals surface area contributed by atoms with Crippen molar-refractivity contribution in [3.8, 4) is 0 Å². The zero-order chi connectivity index (χ0) is 16.9. The molecule has 6 nitrogen and oxygen atoms in total. The molecule has 0 aliphatic rings. The van der Waals surface area contributed by atoms with E-state index in [9.17, 15) is 9.59 Å². The third-order valence-corrected chi connectivity index (χ3v) is 3.53. The summed E-state index contributed by atoms with van der Waals surface area (Å²) < 4.78 is 0. The third kappa shape index (κ3) is 7.72. The summed E-state index contributed by atoms with van der Waals surface area (Å²) in [6.07, 6.45) is 10.1. The number of hydrogen-bond acceptors (Lipinski definition) is 4. The summed E-state index contributed by atoms with van der Waals surface area (Å²) in [7, 11) is 0. The van der Waals surface area contributed by atoms with Gasteiger partial charge in [0.15, 0.2) is 0 Å². The van der Waals surface area contributed by atoms with Crippen LogP contribution in [0.25, 0.3) is 0 Å². The minimum atomic E-state index is -0.155. The molecule has 0 radical (unpaired) electrons. The fraction of sp³-hybridized carbons (Fsp3) is 0.647. The van der Waals surface area contributed by atoms with E-state index in [-0.39, 0.29) is 11.8 Å². The average Bonchev–Trinajstić information content (AvgIpc) is 2.59. The lowest BCUT2D eigenvalue weighted by atomic mass is 10.2. The summed E-state index contributed by atoms with van der Waals surface area (Å²) in [4.78, 5) is 34.0. The Balaban J connectivity index is 2.57. The molecular formula is C17H28N4O2. The van der Waals surface area contributed by atoms with Crippen LogP contribution in [0, 0.1) is 0 Å². The number of unbranched alkanes of at least 4 members (excludes halogenated alkanes) is 3. The highest BCUT2D eigenvalue weighted by molar-refractivity contribution is 5.92. The molecule has 0 aliphatic carbocycles. The number of rotatable bonds is 11. The van der Waals surface area contributed by atoms with Crippen molar-refractivity contribution in [3.63, 3.8) is 0 Å². The summed E-state index contributed by atoms with van der Waals surface area (Å²) in [6.45, 7) is 5.90. The van der Waals surface area contributed by atoms with Gasteiger partial charge in [-0.05, 0) is 12.8 Å². The Labute approximate surface area is 138 Å². The Hall–Kier alpha value is -1.98. The topological polar surface area (TPSA) is 75.2 Å². The molecule has 1 aromatic rings. The molecule has 128 valence electrons. The molecule has 2 amide bonds. The van der Waals surface area contributed by atoms with E-state index in [1.165, 1.54) is 12.4 Å². The minimum Gasteiger partial charge on any atom is -0.356 e. The van der Waals surface area contributed by atoms with E-state index in [1.807, 2.05) is 6.92 Å². The van der Waals surface area contributed by atoms with Crippen LogP contribution >= 0.6 is 0 Å². The second-order valence-corrected chi connectivity index (χ2v) is 5.54. The fourth-order valence-electron chi connectivity index (χ4n) is 2.21. The van der Waals surface area contributed by atoms with Crippen LogP contribution in [-0.2, 0) is 4.79 Å². The largest absolute Gasteiger partial charge is 0.356 e. The van der Waals surface area contributed by atoms with Gasteiger partial charge in [0.1, 0.15) is 5.69 Å². The van der Waals surface area contributed by atoms with Crippen LogP contribution in [0.4, 0.5) is 0 Å². The van der Waals surface area contributed by atoms with E-state index in [4.69, 9.17) is 0 Å². The van der Waals surface area contributed by atoms with Gasteiger partial charge in [-0.3, -0.25) is 14.6 Å². The van der Waals surface area contributed by atoms with Crippen molar-refractivity contribution in [2.24, 2.45) is 0 Å². The lowest BCUT2D eigenvalue weighted by molar-refractivity contribution is -0.121. The van der Waals surface area contributed by atoms with Crippen LogP contribution in [0.5, 0.6) is 0 Å². The van der Waals surface area contributed by atoms with Gasteiger partial charge in [0.25, 0.3) is 5.91 Å². The first kappa shape index (κ1) is 19.1. The maximum Gasteiger partial charge on any atom is 0.274 e. The lowest BCUT2D eigenvalue weighted by Gasteiger charge is -2.22. The quantitative estimate of drug-likeness (QED) is 0.635. The molecule has 0 aromatic carbocycles.